The molecule has 3 N–H and O–H groups in total. The number of phenolic OH excluding ortho intramolecular Hbond substituents is 1. The number of benzene rings is 3. The van der Waals surface area contributed by atoms with Gasteiger partial charge in [0.25, 0.3) is 5.91 Å². The topological polar surface area (TPSA) is 114 Å². The second kappa shape index (κ2) is 11.4. The Hall–Kier alpha value is -4.04. The molecule has 0 unspecified atom stereocenters. The van der Waals surface area contributed by atoms with Crippen molar-refractivity contribution in [1.82, 2.24) is 5.32 Å². The number of hydrogen-bond donors (Lipinski definition) is 3. The van der Waals surface area contributed by atoms with Crippen LogP contribution in [0, 0.1) is 13.8 Å². The number of aromatic hydroxyl groups is 1. The summed E-state index contributed by atoms with van der Waals surface area (Å²) < 4.78 is 10.7. The van der Waals surface area contributed by atoms with E-state index in [4.69, 9.17) is 21.1 Å². The SMILES string of the molecule is CCOC(=O)C(=O)Nc1cc(C)cc(C)c1Oc1ccc(O)c(C(=O)NCc2ccc(Cl)cc2)c1. The molecule has 9 heteroatoms. The molecule has 0 fully saturated rings. The van der Waals surface area contributed by atoms with Crippen LogP contribution >= 0.6 is 11.6 Å². The fourth-order valence-electron chi connectivity index (χ4n) is 3.31. The average molecular weight is 497 g/mol. The summed E-state index contributed by atoms with van der Waals surface area (Å²) in [6.07, 6.45) is 0. The van der Waals surface area contributed by atoms with E-state index in [1.807, 2.05) is 13.0 Å². The van der Waals surface area contributed by atoms with E-state index in [1.54, 1.807) is 44.2 Å². The molecule has 0 aliphatic carbocycles. The Balaban J connectivity index is 1.82. The lowest BCUT2D eigenvalue weighted by atomic mass is 10.1. The first-order valence-corrected chi connectivity index (χ1v) is 11.2. The lowest BCUT2D eigenvalue weighted by Gasteiger charge is -2.16. The number of esters is 1. The Morgan fingerprint density at radius 1 is 1.00 bits per heavy atom. The highest BCUT2D eigenvalue weighted by Gasteiger charge is 2.20. The number of hydrogen-bond acceptors (Lipinski definition) is 6. The van der Waals surface area contributed by atoms with Crippen LogP contribution in [0.15, 0.2) is 54.6 Å². The second-order valence-electron chi connectivity index (χ2n) is 7.72. The number of ether oxygens (including phenoxy) is 2. The number of aryl methyl sites for hydroxylation is 2. The van der Waals surface area contributed by atoms with Gasteiger partial charge in [-0.25, -0.2) is 4.79 Å². The summed E-state index contributed by atoms with van der Waals surface area (Å²) in [7, 11) is 0. The Morgan fingerprint density at radius 2 is 1.71 bits per heavy atom. The molecule has 182 valence electrons. The molecule has 0 radical (unpaired) electrons. The molecule has 0 aliphatic rings. The van der Waals surface area contributed by atoms with Gasteiger partial charge in [-0.15, -0.1) is 0 Å². The first-order valence-electron chi connectivity index (χ1n) is 10.8. The smallest absolute Gasteiger partial charge is 0.397 e. The zero-order valence-electron chi connectivity index (χ0n) is 19.5. The number of rotatable bonds is 7. The van der Waals surface area contributed by atoms with Gasteiger partial charge >= 0.3 is 11.9 Å². The van der Waals surface area contributed by atoms with Crippen molar-refractivity contribution in [1.29, 1.82) is 0 Å². The van der Waals surface area contributed by atoms with Gasteiger partial charge < -0.3 is 25.2 Å². The van der Waals surface area contributed by atoms with E-state index in [1.165, 1.54) is 18.2 Å². The molecule has 0 aliphatic heterocycles. The Bertz CT molecular complexity index is 1260. The number of nitrogens with one attached hydrogen (secondary N) is 2. The third-order valence-electron chi connectivity index (χ3n) is 4.93. The van der Waals surface area contributed by atoms with Crippen LogP contribution < -0.4 is 15.4 Å². The predicted octanol–water partition coefficient (Wildman–Crippen LogP) is 4.89. The largest absolute Gasteiger partial charge is 0.507 e. The summed E-state index contributed by atoms with van der Waals surface area (Å²) in [5.41, 5.74) is 2.64. The van der Waals surface area contributed by atoms with Gasteiger partial charge in [-0.1, -0.05) is 29.8 Å². The standard InChI is InChI=1S/C26H25ClN2O6/c1-4-34-26(33)25(32)29-21-12-15(2)11-16(3)23(21)35-19-9-10-22(30)20(13-19)24(31)28-14-17-5-7-18(27)8-6-17/h5-13,30H,4,14H2,1-3H3,(H,28,31)(H,29,32). The van der Waals surface area contributed by atoms with Crippen molar-refractivity contribution >= 4 is 35.1 Å². The molecule has 0 spiro atoms. The molecule has 8 nitrogen and oxygen atoms in total. The first kappa shape index (κ1) is 25.6. The lowest BCUT2D eigenvalue weighted by molar-refractivity contribution is -0.152. The van der Waals surface area contributed by atoms with E-state index in [-0.39, 0.29) is 41.7 Å². The van der Waals surface area contributed by atoms with Gasteiger partial charge in [0.2, 0.25) is 0 Å². The monoisotopic (exact) mass is 496 g/mol. The van der Waals surface area contributed by atoms with Gasteiger partial charge in [-0.3, -0.25) is 9.59 Å². The molecule has 0 aromatic heterocycles. The van der Waals surface area contributed by atoms with Crippen LogP contribution in [0.3, 0.4) is 0 Å². The van der Waals surface area contributed by atoms with Crippen LogP contribution in [0.25, 0.3) is 0 Å². The van der Waals surface area contributed by atoms with Gasteiger partial charge in [-0.05, 0) is 73.9 Å². The normalized spacial score (nSPS) is 10.4. The molecule has 0 bridgehead atoms. The molecule has 3 aromatic carbocycles. The van der Waals surface area contributed by atoms with Crippen LogP contribution in [0.5, 0.6) is 17.2 Å². The van der Waals surface area contributed by atoms with Gasteiger partial charge in [0.1, 0.15) is 11.5 Å². The second-order valence-corrected chi connectivity index (χ2v) is 8.16. The van der Waals surface area contributed by atoms with Crippen molar-refractivity contribution in [2.75, 3.05) is 11.9 Å². The molecule has 3 aromatic rings. The van der Waals surface area contributed by atoms with E-state index in [0.717, 1.165) is 11.1 Å². The summed E-state index contributed by atoms with van der Waals surface area (Å²) in [5, 5.41) is 16.1. The molecule has 0 saturated heterocycles. The lowest BCUT2D eigenvalue weighted by Crippen LogP contribution is -2.25. The summed E-state index contributed by atoms with van der Waals surface area (Å²) in [4.78, 5) is 36.7. The van der Waals surface area contributed by atoms with Crippen molar-refractivity contribution in [3.8, 4) is 17.2 Å². The molecule has 2 amide bonds. The molecule has 3 rings (SSSR count). The van der Waals surface area contributed by atoms with Gasteiger partial charge in [-0.2, -0.15) is 0 Å². The fraction of sp³-hybridized carbons (Fsp3) is 0.192. The Morgan fingerprint density at radius 3 is 2.40 bits per heavy atom. The van der Waals surface area contributed by atoms with E-state index in [0.29, 0.717) is 10.6 Å². The third kappa shape index (κ3) is 6.74. The third-order valence-corrected chi connectivity index (χ3v) is 5.18. The van der Waals surface area contributed by atoms with Crippen LogP contribution in [0.1, 0.15) is 34.0 Å². The quantitative estimate of drug-likeness (QED) is 0.317. The first-order chi connectivity index (χ1) is 16.7. The fourth-order valence-corrected chi connectivity index (χ4v) is 3.44. The maximum absolute atomic E-state index is 12.7. The maximum Gasteiger partial charge on any atom is 0.397 e. The molecule has 0 heterocycles. The summed E-state index contributed by atoms with van der Waals surface area (Å²) in [6.45, 7) is 5.52. The molecular formula is C26H25ClN2O6. The van der Waals surface area contributed by atoms with Crippen LogP contribution in [-0.4, -0.2) is 29.5 Å². The molecule has 0 saturated carbocycles. The van der Waals surface area contributed by atoms with Crippen molar-refractivity contribution in [3.63, 3.8) is 0 Å². The highest BCUT2D eigenvalue weighted by Crippen LogP contribution is 2.35. The average Bonchev–Trinajstić information content (AvgIpc) is 2.81. The van der Waals surface area contributed by atoms with Crippen molar-refractivity contribution < 1.29 is 29.0 Å². The highest BCUT2D eigenvalue weighted by molar-refractivity contribution is 6.37. The molecule has 0 atom stereocenters. The zero-order valence-corrected chi connectivity index (χ0v) is 20.2. The Kier molecular flexibility index (Phi) is 8.33. The maximum atomic E-state index is 12.7. The van der Waals surface area contributed by atoms with Crippen molar-refractivity contribution in [2.45, 2.75) is 27.3 Å². The molecular weight excluding hydrogens is 472 g/mol. The van der Waals surface area contributed by atoms with E-state index >= 15 is 0 Å². The number of amides is 2. The minimum Gasteiger partial charge on any atom is -0.507 e. The number of anilines is 1. The van der Waals surface area contributed by atoms with Gasteiger partial charge in [0, 0.05) is 11.6 Å². The predicted molar refractivity (Wildman–Crippen MR) is 132 cm³/mol. The van der Waals surface area contributed by atoms with Gasteiger partial charge in [0.05, 0.1) is 17.9 Å². The van der Waals surface area contributed by atoms with Crippen molar-refractivity contribution in [2.24, 2.45) is 0 Å². The van der Waals surface area contributed by atoms with Gasteiger partial charge in [0.15, 0.2) is 5.75 Å². The van der Waals surface area contributed by atoms with Crippen LogP contribution in [-0.2, 0) is 20.9 Å². The number of halogens is 1. The molecule has 35 heavy (non-hydrogen) atoms. The van der Waals surface area contributed by atoms with Crippen LogP contribution in [0.4, 0.5) is 5.69 Å². The minimum absolute atomic E-state index is 0.0123. The number of phenols is 1. The zero-order chi connectivity index (χ0) is 25.5. The summed E-state index contributed by atoms with van der Waals surface area (Å²) in [6, 6.07) is 14.7. The van der Waals surface area contributed by atoms with Crippen molar-refractivity contribution in [3.05, 3.63) is 81.9 Å². The minimum atomic E-state index is -1.01. The number of carbonyl (C=O) groups excluding carboxylic acids is 3. The van der Waals surface area contributed by atoms with E-state index in [2.05, 4.69) is 10.6 Å². The van der Waals surface area contributed by atoms with E-state index < -0.39 is 17.8 Å². The summed E-state index contributed by atoms with van der Waals surface area (Å²) >= 11 is 5.88. The Labute approximate surface area is 207 Å². The van der Waals surface area contributed by atoms with Crippen LogP contribution in [0.2, 0.25) is 5.02 Å². The number of carbonyl (C=O) groups is 3. The summed E-state index contributed by atoms with van der Waals surface area (Å²) in [5.74, 6) is -2.14. The highest BCUT2D eigenvalue weighted by atomic mass is 35.5. The van der Waals surface area contributed by atoms with E-state index in [9.17, 15) is 19.5 Å².